The van der Waals surface area contributed by atoms with Crippen molar-refractivity contribution in [2.75, 3.05) is 46.1 Å². The fourth-order valence-corrected chi connectivity index (χ4v) is 8.50. The van der Waals surface area contributed by atoms with Gasteiger partial charge in [0.05, 0.1) is 18.9 Å². The molecule has 0 aromatic heterocycles. The molecule has 300 valence electrons. The van der Waals surface area contributed by atoms with E-state index in [-0.39, 0.29) is 43.8 Å². The van der Waals surface area contributed by atoms with Gasteiger partial charge in [0.1, 0.15) is 19.8 Å². The molecule has 0 heterocycles. The minimum Gasteiger partial charge on any atom is -0.465 e. The predicted octanol–water partition coefficient (Wildman–Crippen LogP) is 11.0. The van der Waals surface area contributed by atoms with E-state index in [2.05, 4.69) is 63.8 Å². The third kappa shape index (κ3) is 20.8. The molecule has 0 N–H and O–H groups in total. The van der Waals surface area contributed by atoms with E-state index in [9.17, 15) is 14.4 Å². The Morgan fingerprint density at radius 2 is 1.37 bits per heavy atom. The lowest BCUT2D eigenvalue weighted by Gasteiger charge is -2.50. The highest BCUT2D eigenvalue weighted by molar-refractivity contribution is 5.70. The van der Waals surface area contributed by atoms with Gasteiger partial charge in [-0.1, -0.05) is 97.4 Å². The second-order valence-corrected chi connectivity index (χ2v) is 16.0. The van der Waals surface area contributed by atoms with E-state index in [1.54, 1.807) is 0 Å². The third-order valence-corrected chi connectivity index (χ3v) is 11.2. The van der Waals surface area contributed by atoms with E-state index in [1.807, 2.05) is 0 Å². The first-order valence-electron chi connectivity index (χ1n) is 21.3. The summed E-state index contributed by atoms with van der Waals surface area (Å²) in [6, 6.07) is 0. The molecule has 0 spiro atoms. The molecule has 2 unspecified atom stereocenters. The second-order valence-electron chi connectivity index (χ2n) is 16.0. The van der Waals surface area contributed by atoms with E-state index in [0.29, 0.717) is 30.6 Å². The van der Waals surface area contributed by atoms with E-state index < -0.39 is 12.1 Å². The summed E-state index contributed by atoms with van der Waals surface area (Å²) in [4.78, 5) is 40.5. The lowest BCUT2D eigenvalue weighted by atomic mass is 9.55. The van der Waals surface area contributed by atoms with Gasteiger partial charge >= 0.3 is 18.1 Å². The van der Waals surface area contributed by atoms with Crippen molar-refractivity contribution in [2.45, 2.75) is 163 Å². The molecule has 0 aromatic rings. The van der Waals surface area contributed by atoms with E-state index in [1.165, 1.54) is 44.9 Å². The zero-order valence-electron chi connectivity index (χ0n) is 34.0. The zero-order valence-corrected chi connectivity index (χ0v) is 34.0. The molecule has 0 radical (unpaired) electrons. The lowest BCUT2D eigenvalue weighted by Crippen LogP contribution is -2.41. The van der Waals surface area contributed by atoms with Crippen molar-refractivity contribution in [2.24, 2.45) is 29.1 Å². The van der Waals surface area contributed by atoms with Crippen molar-refractivity contribution in [3.8, 4) is 0 Å². The number of unbranched alkanes of at least 4 members (excludes halogenated alkanes) is 8. The third-order valence-electron chi connectivity index (χ3n) is 11.2. The fraction of sp³-hybridized carbons (Fsp3) is 0.841. The second kappa shape index (κ2) is 28.1. The molecule has 0 amide bonds. The van der Waals surface area contributed by atoms with E-state index in [0.717, 1.165) is 90.3 Å². The molecule has 2 saturated carbocycles. The number of rotatable bonds is 29. The van der Waals surface area contributed by atoms with Crippen LogP contribution in [0.15, 0.2) is 24.3 Å². The summed E-state index contributed by atoms with van der Waals surface area (Å²) in [6.45, 7) is 14.1. The molecule has 8 nitrogen and oxygen atoms in total. The van der Waals surface area contributed by atoms with Gasteiger partial charge in [0.25, 0.3) is 0 Å². The van der Waals surface area contributed by atoms with Gasteiger partial charge in [0.15, 0.2) is 0 Å². The molecular formula is C44H77NO7. The van der Waals surface area contributed by atoms with Crippen LogP contribution in [0.1, 0.15) is 163 Å². The number of hydrogen-bond acceptors (Lipinski definition) is 8. The Bertz CT molecular complexity index is 1020. The molecule has 0 saturated heterocycles. The van der Waals surface area contributed by atoms with Crippen molar-refractivity contribution in [3.63, 3.8) is 0 Å². The molecule has 2 fully saturated rings. The standard InChI is InChI=1S/C44H77NO7/c1-6-10-11-12-13-14-15-16-17-18-19-20-21-22-23-25-41(46)50-34-40(36-52-43(48)49-27-24-26-45(8-3)9-4)35-51-42(47)33-44-30-37(5)28-39(32-44)29-38(7-2)31-44/h13-14,16-17,37-40H,6-12,15,18-36H2,1-5H3/b14-13-,17-16-/t37-,38+,39-,40?,44?/m0/s1. The molecule has 2 aliphatic carbocycles. The number of hydrogen-bond donors (Lipinski definition) is 0. The van der Waals surface area contributed by atoms with Crippen molar-refractivity contribution >= 4 is 18.1 Å². The predicted molar refractivity (Wildman–Crippen MR) is 211 cm³/mol. The summed E-state index contributed by atoms with van der Waals surface area (Å²) >= 11 is 0. The highest BCUT2D eigenvalue weighted by Gasteiger charge is 2.46. The molecular weight excluding hydrogens is 654 g/mol. The summed E-state index contributed by atoms with van der Waals surface area (Å²) in [5.41, 5.74) is 0.0211. The number of carbonyl (C=O) groups is 3. The first-order valence-corrected chi connectivity index (χ1v) is 21.3. The highest BCUT2D eigenvalue weighted by atomic mass is 16.7. The van der Waals surface area contributed by atoms with Crippen LogP contribution in [0, 0.1) is 29.1 Å². The van der Waals surface area contributed by atoms with Crippen LogP contribution < -0.4 is 0 Å². The largest absolute Gasteiger partial charge is 0.508 e. The summed E-state index contributed by atoms with van der Waals surface area (Å²) < 4.78 is 22.1. The maximum Gasteiger partial charge on any atom is 0.508 e. The first-order chi connectivity index (χ1) is 25.2. The van der Waals surface area contributed by atoms with Crippen molar-refractivity contribution < 1.29 is 33.3 Å². The number of esters is 2. The van der Waals surface area contributed by atoms with Crippen molar-refractivity contribution in [3.05, 3.63) is 24.3 Å². The van der Waals surface area contributed by atoms with Gasteiger partial charge in [0, 0.05) is 13.0 Å². The average Bonchev–Trinajstić information content (AvgIpc) is 3.12. The number of allylic oxidation sites excluding steroid dienone is 4. The smallest absolute Gasteiger partial charge is 0.465 e. The number of carbonyl (C=O) groups excluding carboxylic acids is 3. The Kier molecular flexibility index (Phi) is 24.8. The van der Waals surface area contributed by atoms with Crippen molar-refractivity contribution in [1.82, 2.24) is 4.90 Å². The van der Waals surface area contributed by atoms with Crippen LogP contribution in [-0.4, -0.2) is 69.1 Å². The van der Waals surface area contributed by atoms with Gasteiger partial charge < -0.3 is 23.8 Å². The first kappa shape index (κ1) is 45.8. The summed E-state index contributed by atoms with van der Waals surface area (Å²) in [5.74, 6) is 1.08. The normalized spacial score (nSPS) is 22.2. The zero-order chi connectivity index (χ0) is 37.9. The maximum absolute atomic E-state index is 13.3. The summed E-state index contributed by atoms with van der Waals surface area (Å²) in [7, 11) is 0. The minimum atomic E-state index is -0.749. The molecule has 2 bridgehead atoms. The van der Waals surface area contributed by atoms with Crippen LogP contribution in [0.3, 0.4) is 0 Å². The fourth-order valence-electron chi connectivity index (χ4n) is 8.50. The van der Waals surface area contributed by atoms with E-state index in [4.69, 9.17) is 18.9 Å². The van der Waals surface area contributed by atoms with Gasteiger partial charge in [-0.2, -0.15) is 0 Å². The Hall–Kier alpha value is -2.35. The molecule has 5 atom stereocenters. The maximum atomic E-state index is 13.3. The Balaban J connectivity index is 1.74. The van der Waals surface area contributed by atoms with Crippen LogP contribution in [-0.2, 0) is 28.5 Å². The number of fused-ring (bicyclic) bond motifs is 2. The molecule has 52 heavy (non-hydrogen) atoms. The highest BCUT2D eigenvalue weighted by Crippen LogP contribution is 2.55. The molecule has 2 rings (SSSR count). The SMILES string of the molecule is CCCCC/C=C\C/C=C\CCCCCCCC(=O)OCC(COC(=O)CC12C[C@@H](C)C[C@@H](C[C@@H](CC)C1)C2)COC(=O)OCCCN(CC)CC. The Morgan fingerprint density at radius 3 is 2.06 bits per heavy atom. The molecule has 0 aliphatic heterocycles. The van der Waals surface area contributed by atoms with Gasteiger partial charge in [-0.05, 0) is 113 Å². The van der Waals surface area contributed by atoms with Crippen LogP contribution in [0.25, 0.3) is 0 Å². The molecule has 2 aliphatic rings. The minimum absolute atomic E-state index is 0.0211. The Morgan fingerprint density at radius 1 is 0.712 bits per heavy atom. The molecule has 0 aromatic carbocycles. The van der Waals surface area contributed by atoms with Crippen molar-refractivity contribution in [1.29, 1.82) is 0 Å². The lowest BCUT2D eigenvalue weighted by molar-refractivity contribution is -0.153. The van der Waals surface area contributed by atoms with Crippen LogP contribution in [0.5, 0.6) is 0 Å². The number of ether oxygens (including phenoxy) is 4. The van der Waals surface area contributed by atoms with Crippen LogP contribution >= 0.6 is 0 Å². The topological polar surface area (TPSA) is 91.4 Å². The van der Waals surface area contributed by atoms with Gasteiger partial charge in [-0.25, -0.2) is 4.79 Å². The van der Waals surface area contributed by atoms with Crippen LogP contribution in [0.2, 0.25) is 0 Å². The monoisotopic (exact) mass is 732 g/mol. The number of nitrogens with zero attached hydrogens (tertiary/aromatic N) is 1. The average molecular weight is 732 g/mol. The van der Waals surface area contributed by atoms with Gasteiger partial charge in [0.2, 0.25) is 0 Å². The summed E-state index contributed by atoms with van der Waals surface area (Å²) in [6.07, 6.45) is 29.2. The van der Waals surface area contributed by atoms with E-state index >= 15 is 0 Å². The van der Waals surface area contributed by atoms with Gasteiger partial charge in [-0.15, -0.1) is 0 Å². The molecule has 8 heteroatoms. The summed E-state index contributed by atoms with van der Waals surface area (Å²) in [5, 5.41) is 0. The van der Waals surface area contributed by atoms with Crippen LogP contribution in [0.4, 0.5) is 4.79 Å². The van der Waals surface area contributed by atoms with Gasteiger partial charge in [-0.3, -0.25) is 9.59 Å². The Labute approximate surface area is 318 Å². The quantitative estimate of drug-likeness (QED) is 0.0325.